The number of rotatable bonds is 6. The lowest BCUT2D eigenvalue weighted by molar-refractivity contribution is 0.400. The highest BCUT2D eigenvalue weighted by Crippen LogP contribution is 2.34. The van der Waals surface area contributed by atoms with Gasteiger partial charge in [-0.2, -0.15) is 0 Å². The monoisotopic (exact) mass is 511 g/mol. The second-order valence-electron chi connectivity index (χ2n) is 8.48. The molecule has 186 valence electrons. The van der Waals surface area contributed by atoms with Gasteiger partial charge in [0.15, 0.2) is 0 Å². The Bertz CT molecular complexity index is 1540. The molecule has 2 aromatic heterocycles. The summed E-state index contributed by atoms with van der Waals surface area (Å²) < 4.78 is 60.7. The molecule has 0 bridgehead atoms. The van der Waals surface area contributed by atoms with Gasteiger partial charge in [0, 0.05) is 29.1 Å². The third-order valence-corrected chi connectivity index (χ3v) is 7.60. The van der Waals surface area contributed by atoms with Crippen molar-refractivity contribution in [3.63, 3.8) is 0 Å². The van der Waals surface area contributed by atoms with Crippen LogP contribution in [-0.2, 0) is 10.0 Å². The van der Waals surface area contributed by atoms with Gasteiger partial charge in [-0.25, -0.2) is 32.2 Å². The Labute approximate surface area is 206 Å². The quantitative estimate of drug-likeness (QED) is 0.399. The van der Waals surface area contributed by atoms with Gasteiger partial charge in [-0.3, -0.25) is 4.72 Å². The molecule has 4 aromatic rings. The van der Waals surface area contributed by atoms with Crippen molar-refractivity contribution in [2.75, 3.05) is 24.9 Å². The van der Waals surface area contributed by atoms with Crippen LogP contribution in [0.5, 0.6) is 5.88 Å². The number of methoxy groups -OCH3 is 1. The van der Waals surface area contributed by atoms with E-state index in [0.29, 0.717) is 17.5 Å². The first-order valence-electron chi connectivity index (χ1n) is 11.3. The molecule has 0 radical (unpaired) electrons. The molecule has 36 heavy (non-hydrogen) atoms. The van der Waals surface area contributed by atoms with Crippen molar-refractivity contribution in [3.8, 4) is 17.0 Å². The zero-order valence-corrected chi connectivity index (χ0v) is 20.1. The van der Waals surface area contributed by atoms with E-state index in [1.807, 2.05) is 18.2 Å². The molecule has 0 aliphatic carbocycles. The lowest BCUT2D eigenvalue weighted by atomic mass is 9.91. The maximum atomic E-state index is 14.2. The molecule has 2 aromatic carbocycles. The fourth-order valence-corrected chi connectivity index (χ4v) is 5.52. The van der Waals surface area contributed by atoms with Gasteiger partial charge in [0.05, 0.1) is 18.3 Å². The predicted octanol–water partition coefficient (Wildman–Crippen LogP) is 4.25. The third kappa shape index (κ3) is 4.71. The zero-order chi connectivity index (χ0) is 25.3. The van der Waals surface area contributed by atoms with Crippen LogP contribution in [0.1, 0.15) is 24.5 Å². The first-order chi connectivity index (χ1) is 17.4. The number of benzene rings is 2. The molecule has 3 heterocycles. The van der Waals surface area contributed by atoms with Crippen molar-refractivity contribution in [1.29, 1.82) is 0 Å². The number of pyridine rings is 1. The normalized spacial score (nSPS) is 14.6. The predicted molar refractivity (Wildman–Crippen MR) is 131 cm³/mol. The van der Waals surface area contributed by atoms with Gasteiger partial charge in [-0.05, 0) is 61.8 Å². The van der Waals surface area contributed by atoms with Crippen molar-refractivity contribution in [2.24, 2.45) is 0 Å². The molecule has 0 atom stereocenters. The Morgan fingerprint density at radius 2 is 1.81 bits per heavy atom. The molecule has 0 saturated carbocycles. The minimum Gasteiger partial charge on any atom is -0.480 e. The largest absolute Gasteiger partial charge is 0.480 e. The Kier molecular flexibility index (Phi) is 6.50. The highest BCUT2D eigenvalue weighted by molar-refractivity contribution is 7.92. The van der Waals surface area contributed by atoms with Crippen LogP contribution in [0.25, 0.3) is 22.0 Å². The van der Waals surface area contributed by atoms with Crippen molar-refractivity contribution in [3.05, 3.63) is 72.3 Å². The van der Waals surface area contributed by atoms with Crippen LogP contribution in [0.15, 0.2) is 59.9 Å². The number of nitrogens with one attached hydrogen (secondary N) is 2. The van der Waals surface area contributed by atoms with Gasteiger partial charge in [0.1, 0.15) is 28.5 Å². The summed E-state index contributed by atoms with van der Waals surface area (Å²) in [6.45, 7) is 1.85. The lowest BCUT2D eigenvalue weighted by Crippen LogP contribution is -2.27. The Hall–Kier alpha value is -3.70. The smallest absolute Gasteiger partial charge is 0.264 e. The molecular formula is C25H23F2N5O3S. The molecule has 11 heteroatoms. The summed E-state index contributed by atoms with van der Waals surface area (Å²) in [4.78, 5) is 12.5. The number of hydrogen-bond donors (Lipinski definition) is 2. The summed E-state index contributed by atoms with van der Waals surface area (Å²) >= 11 is 0. The van der Waals surface area contributed by atoms with Gasteiger partial charge < -0.3 is 10.1 Å². The van der Waals surface area contributed by atoms with Crippen LogP contribution in [0.4, 0.5) is 14.5 Å². The molecule has 1 saturated heterocycles. The molecule has 0 amide bonds. The second-order valence-corrected chi connectivity index (χ2v) is 10.1. The highest BCUT2D eigenvalue weighted by atomic mass is 32.2. The van der Waals surface area contributed by atoms with E-state index in [-0.39, 0.29) is 11.6 Å². The van der Waals surface area contributed by atoms with E-state index in [1.54, 1.807) is 18.6 Å². The molecule has 0 spiro atoms. The molecule has 1 fully saturated rings. The number of fused-ring (bicyclic) bond motifs is 1. The topological polar surface area (TPSA) is 106 Å². The first-order valence-corrected chi connectivity index (χ1v) is 12.8. The molecule has 1 aliphatic heterocycles. The number of aromatic nitrogens is 3. The van der Waals surface area contributed by atoms with Crippen LogP contribution in [-0.4, -0.2) is 43.6 Å². The maximum Gasteiger partial charge on any atom is 0.264 e. The number of hydrogen-bond acceptors (Lipinski definition) is 7. The Balaban J connectivity index is 1.54. The van der Waals surface area contributed by atoms with Crippen LogP contribution in [0, 0.1) is 11.6 Å². The SMILES string of the molecule is COc1ncc(-c2ccc3ncnc(C4CCNCC4)c3c2)cc1NS(=O)(=O)c1ccc(F)cc1F. The summed E-state index contributed by atoms with van der Waals surface area (Å²) in [7, 11) is -3.04. The van der Waals surface area contributed by atoms with E-state index in [2.05, 4.69) is 25.0 Å². The van der Waals surface area contributed by atoms with E-state index >= 15 is 0 Å². The van der Waals surface area contributed by atoms with Crippen molar-refractivity contribution >= 4 is 26.6 Å². The van der Waals surface area contributed by atoms with Crippen LogP contribution in [0.3, 0.4) is 0 Å². The van der Waals surface area contributed by atoms with E-state index in [0.717, 1.165) is 60.2 Å². The Morgan fingerprint density at radius 3 is 2.56 bits per heavy atom. The van der Waals surface area contributed by atoms with E-state index in [4.69, 9.17) is 4.74 Å². The fourth-order valence-electron chi connectivity index (χ4n) is 4.42. The molecular weight excluding hydrogens is 488 g/mol. The highest BCUT2D eigenvalue weighted by Gasteiger charge is 2.23. The summed E-state index contributed by atoms with van der Waals surface area (Å²) in [5.41, 5.74) is 3.20. The number of nitrogens with zero attached hydrogens (tertiary/aromatic N) is 3. The lowest BCUT2D eigenvalue weighted by Gasteiger charge is -2.23. The minimum atomic E-state index is -4.39. The van der Waals surface area contributed by atoms with Gasteiger partial charge in [0.25, 0.3) is 10.0 Å². The van der Waals surface area contributed by atoms with Crippen LogP contribution >= 0.6 is 0 Å². The van der Waals surface area contributed by atoms with Gasteiger partial charge >= 0.3 is 0 Å². The average molecular weight is 512 g/mol. The molecule has 8 nitrogen and oxygen atoms in total. The van der Waals surface area contributed by atoms with Gasteiger partial charge in [-0.15, -0.1) is 0 Å². The van der Waals surface area contributed by atoms with Crippen molar-refractivity contribution in [2.45, 2.75) is 23.7 Å². The minimum absolute atomic E-state index is 0.00404. The molecule has 2 N–H and O–H groups in total. The van der Waals surface area contributed by atoms with E-state index in [1.165, 1.54) is 7.11 Å². The zero-order valence-electron chi connectivity index (χ0n) is 19.3. The molecule has 1 aliphatic rings. The van der Waals surface area contributed by atoms with Gasteiger partial charge in [-0.1, -0.05) is 6.07 Å². The van der Waals surface area contributed by atoms with Crippen molar-refractivity contribution < 1.29 is 21.9 Å². The summed E-state index contributed by atoms with van der Waals surface area (Å²) in [5.74, 6) is -1.76. The third-order valence-electron chi connectivity index (χ3n) is 6.20. The molecule has 5 rings (SSSR count). The fraction of sp³-hybridized carbons (Fsp3) is 0.240. The number of ether oxygens (including phenoxy) is 1. The van der Waals surface area contributed by atoms with Crippen molar-refractivity contribution in [1.82, 2.24) is 20.3 Å². The second kappa shape index (κ2) is 9.75. The number of sulfonamides is 1. The maximum absolute atomic E-state index is 14.2. The van der Waals surface area contributed by atoms with E-state index < -0.39 is 26.6 Å². The number of anilines is 1. The number of halogens is 2. The number of piperidine rings is 1. The van der Waals surface area contributed by atoms with Crippen LogP contribution in [0.2, 0.25) is 0 Å². The van der Waals surface area contributed by atoms with Crippen LogP contribution < -0.4 is 14.8 Å². The first kappa shape index (κ1) is 24.0. The average Bonchev–Trinajstić information content (AvgIpc) is 2.88. The summed E-state index contributed by atoms with van der Waals surface area (Å²) in [6.07, 6.45) is 5.10. The summed E-state index contributed by atoms with van der Waals surface area (Å²) in [6, 6.07) is 9.52. The summed E-state index contributed by atoms with van der Waals surface area (Å²) in [5, 5.41) is 4.29. The van der Waals surface area contributed by atoms with Gasteiger partial charge in [0.2, 0.25) is 5.88 Å². The molecule has 0 unspecified atom stereocenters. The standard InChI is InChI=1S/C25H23F2N5O3S/c1-35-25-22(32-36(33,34)23-5-3-18(26)12-20(23)27)11-17(13-29-25)16-2-4-21-19(10-16)24(31-14-30-21)15-6-8-28-9-7-15/h2-5,10-15,28,32H,6-9H2,1H3. The Morgan fingerprint density at radius 1 is 1.00 bits per heavy atom. The van der Waals surface area contributed by atoms with E-state index in [9.17, 15) is 17.2 Å².